The van der Waals surface area contributed by atoms with E-state index in [1.54, 1.807) is 16.7 Å². The number of rotatable bonds is 8. The quantitative estimate of drug-likeness (QED) is 0.597. The van der Waals surface area contributed by atoms with Gasteiger partial charge in [-0.15, -0.1) is 0 Å². The number of aromatic nitrogens is 1. The summed E-state index contributed by atoms with van der Waals surface area (Å²) in [7, 11) is 0. The summed E-state index contributed by atoms with van der Waals surface area (Å²) in [5, 5.41) is 15.6. The van der Waals surface area contributed by atoms with E-state index in [1.807, 2.05) is 18.7 Å². The van der Waals surface area contributed by atoms with Crippen molar-refractivity contribution in [2.24, 2.45) is 5.92 Å². The van der Waals surface area contributed by atoms with Crippen LogP contribution in [0.15, 0.2) is 24.3 Å². The van der Waals surface area contributed by atoms with E-state index < -0.39 is 0 Å². The van der Waals surface area contributed by atoms with Crippen LogP contribution in [0.2, 0.25) is 0 Å². The number of halogens is 1. The predicted molar refractivity (Wildman–Crippen MR) is 126 cm³/mol. The lowest BCUT2D eigenvalue weighted by molar-refractivity contribution is -0.128. The first kappa shape index (κ1) is 24.5. The molecule has 1 unspecified atom stereocenters. The molecule has 1 atom stereocenters. The van der Waals surface area contributed by atoms with E-state index in [0.29, 0.717) is 30.2 Å². The molecular weight excluding hydrogens is 421 g/mol. The second kappa shape index (κ2) is 11.1. The molecule has 2 aromatic rings. The number of likely N-dealkylation sites (tertiary alicyclic amines) is 1. The smallest absolute Gasteiger partial charge is 0.239 e. The first-order valence-corrected chi connectivity index (χ1v) is 11.5. The van der Waals surface area contributed by atoms with Gasteiger partial charge in [-0.3, -0.25) is 19.1 Å². The minimum absolute atomic E-state index is 0.0526. The van der Waals surface area contributed by atoms with Crippen molar-refractivity contribution in [2.75, 3.05) is 31.5 Å². The summed E-state index contributed by atoms with van der Waals surface area (Å²) in [6, 6.07) is 8.11. The van der Waals surface area contributed by atoms with Crippen LogP contribution in [0.1, 0.15) is 49.4 Å². The molecule has 0 bridgehead atoms. The Kier molecular flexibility index (Phi) is 8.23. The molecule has 2 amide bonds. The van der Waals surface area contributed by atoms with Crippen LogP contribution in [-0.2, 0) is 9.59 Å². The number of amides is 2. The third-order valence-electron chi connectivity index (χ3n) is 6.24. The van der Waals surface area contributed by atoms with Crippen LogP contribution in [0.5, 0.6) is 0 Å². The maximum Gasteiger partial charge on any atom is 0.239 e. The van der Waals surface area contributed by atoms with Gasteiger partial charge in [-0.25, -0.2) is 4.39 Å². The first-order valence-electron chi connectivity index (χ1n) is 11.5. The van der Waals surface area contributed by atoms with E-state index >= 15 is 0 Å². The lowest BCUT2D eigenvalue weighted by atomic mass is 9.97. The summed E-state index contributed by atoms with van der Waals surface area (Å²) in [5.74, 6) is -0.290. The third kappa shape index (κ3) is 5.79. The number of carbonyl (C=O) groups excluding carboxylic acids is 2. The molecule has 176 valence electrons. The number of piperidine rings is 1. The summed E-state index contributed by atoms with van der Waals surface area (Å²) in [6.07, 6.45) is 3.66. The highest BCUT2D eigenvalue weighted by atomic mass is 19.1. The van der Waals surface area contributed by atoms with Gasteiger partial charge in [0.15, 0.2) is 0 Å². The largest absolute Gasteiger partial charge is 0.356 e. The molecule has 0 spiro atoms. The SMILES string of the molecule is CCCCNC(=O)C1CCCN(CC(=O)Nc2c(C#N)c(C)c(C)n2-c2ccc(F)cc2)C1. The monoisotopic (exact) mass is 453 g/mol. The van der Waals surface area contributed by atoms with Gasteiger partial charge in [0, 0.05) is 24.5 Å². The van der Waals surface area contributed by atoms with Crippen molar-refractivity contribution in [1.29, 1.82) is 5.26 Å². The number of nitrogens with zero attached hydrogens (tertiary/aromatic N) is 3. The van der Waals surface area contributed by atoms with Crippen molar-refractivity contribution in [1.82, 2.24) is 14.8 Å². The van der Waals surface area contributed by atoms with Gasteiger partial charge in [-0.05, 0) is 69.5 Å². The van der Waals surface area contributed by atoms with Gasteiger partial charge in [0.05, 0.1) is 18.0 Å². The van der Waals surface area contributed by atoms with Crippen LogP contribution < -0.4 is 10.6 Å². The van der Waals surface area contributed by atoms with E-state index in [1.165, 1.54) is 12.1 Å². The Bertz CT molecular complexity index is 1040. The Labute approximate surface area is 194 Å². The summed E-state index contributed by atoms with van der Waals surface area (Å²) in [6.45, 7) is 7.87. The number of unbranched alkanes of at least 4 members (excludes halogenated alkanes) is 1. The molecule has 1 aromatic carbocycles. The molecule has 0 radical (unpaired) electrons. The van der Waals surface area contributed by atoms with Crippen LogP contribution >= 0.6 is 0 Å². The van der Waals surface area contributed by atoms with Crippen LogP contribution in [-0.4, -0.2) is 47.5 Å². The molecule has 1 aliphatic rings. The van der Waals surface area contributed by atoms with Gasteiger partial charge in [-0.1, -0.05) is 13.3 Å². The fraction of sp³-hybridized carbons (Fsp3) is 0.480. The number of anilines is 1. The fourth-order valence-corrected chi connectivity index (χ4v) is 4.29. The fourth-order valence-electron chi connectivity index (χ4n) is 4.29. The standard InChI is InChI=1S/C25H32FN5O2/c1-4-5-12-28-25(33)19-7-6-13-30(15-19)16-23(32)29-24-22(14-27)17(2)18(3)31(24)21-10-8-20(26)9-11-21/h8-11,19H,4-7,12-13,15-16H2,1-3H3,(H,28,33)(H,29,32). The van der Waals surface area contributed by atoms with Gasteiger partial charge < -0.3 is 10.6 Å². The van der Waals surface area contributed by atoms with Crippen molar-refractivity contribution >= 4 is 17.6 Å². The lowest BCUT2D eigenvalue weighted by Crippen LogP contribution is -2.45. The highest BCUT2D eigenvalue weighted by Gasteiger charge is 2.27. The first-order chi connectivity index (χ1) is 15.8. The van der Waals surface area contributed by atoms with Gasteiger partial charge in [0.25, 0.3) is 0 Å². The number of carbonyl (C=O) groups is 2. The number of hydrogen-bond donors (Lipinski definition) is 2. The topological polar surface area (TPSA) is 90.2 Å². The highest BCUT2D eigenvalue weighted by molar-refractivity contribution is 5.93. The second-order valence-corrected chi connectivity index (χ2v) is 8.62. The molecule has 2 N–H and O–H groups in total. The lowest BCUT2D eigenvalue weighted by Gasteiger charge is -2.31. The zero-order chi connectivity index (χ0) is 24.0. The minimum Gasteiger partial charge on any atom is -0.356 e. The average Bonchev–Trinajstić information content (AvgIpc) is 3.03. The van der Waals surface area contributed by atoms with Gasteiger partial charge >= 0.3 is 0 Å². The Balaban J connectivity index is 1.72. The van der Waals surface area contributed by atoms with Crippen molar-refractivity contribution in [3.63, 3.8) is 0 Å². The molecule has 1 aromatic heterocycles. The number of nitriles is 1. The van der Waals surface area contributed by atoms with E-state index in [-0.39, 0.29) is 30.1 Å². The Hall–Kier alpha value is -3.18. The van der Waals surface area contributed by atoms with E-state index in [0.717, 1.165) is 43.5 Å². The Morgan fingerprint density at radius 1 is 1.24 bits per heavy atom. The number of benzene rings is 1. The molecule has 1 saturated heterocycles. The van der Waals surface area contributed by atoms with Gasteiger partial charge in [-0.2, -0.15) is 5.26 Å². The normalized spacial score (nSPS) is 16.3. The summed E-state index contributed by atoms with van der Waals surface area (Å²) >= 11 is 0. The Morgan fingerprint density at radius 2 is 1.97 bits per heavy atom. The molecule has 0 saturated carbocycles. The molecule has 7 nitrogen and oxygen atoms in total. The van der Waals surface area contributed by atoms with Gasteiger partial charge in [0.2, 0.25) is 11.8 Å². The molecule has 3 rings (SSSR count). The van der Waals surface area contributed by atoms with Crippen molar-refractivity contribution < 1.29 is 14.0 Å². The summed E-state index contributed by atoms with van der Waals surface area (Å²) in [4.78, 5) is 27.4. The number of nitrogens with one attached hydrogen (secondary N) is 2. The van der Waals surface area contributed by atoms with Crippen LogP contribution in [0.25, 0.3) is 5.69 Å². The van der Waals surface area contributed by atoms with Gasteiger partial charge in [0.1, 0.15) is 17.7 Å². The molecular formula is C25H32FN5O2. The minimum atomic E-state index is -0.357. The molecule has 2 heterocycles. The molecule has 1 aliphatic heterocycles. The maximum absolute atomic E-state index is 13.4. The van der Waals surface area contributed by atoms with Crippen molar-refractivity contribution in [3.8, 4) is 11.8 Å². The van der Waals surface area contributed by atoms with Crippen molar-refractivity contribution in [3.05, 3.63) is 46.9 Å². The maximum atomic E-state index is 13.4. The summed E-state index contributed by atoms with van der Waals surface area (Å²) < 4.78 is 15.2. The molecule has 1 fully saturated rings. The predicted octanol–water partition coefficient (Wildman–Crippen LogP) is 3.67. The van der Waals surface area contributed by atoms with Crippen LogP contribution in [0.3, 0.4) is 0 Å². The van der Waals surface area contributed by atoms with E-state index in [4.69, 9.17) is 0 Å². The second-order valence-electron chi connectivity index (χ2n) is 8.62. The number of hydrogen-bond acceptors (Lipinski definition) is 4. The van der Waals surface area contributed by atoms with Crippen LogP contribution in [0.4, 0.5) is 10.2 Å². The molecule has 0 aliphatic carbocycles. The Morgan fingerprint density at radius 3 is 2.64 bits per heavy atom. The molecule has 33 heavy (non-hydrogen) atoms. The van der Waals surface area contributed by atoms with Crippen LogP contribution in [0, 0.1) is 36.9 Å². The third-order valence-corrected chi connectivity index (χ3v) is 6.24. The summed E-state index contributed by atoms with van der Waals surface area (Å²) in [5.41, 5.74) is 2.61. The zero-order valence-corrected chi connectivity index (χ0v) is 19.6. The highest BCUT2D eigenvalue weighted by Crippen LogP contribution is 2.30. The average molecular weight is 454 g/mol. The van der Waals surface area contributed by atoms with E-state index in [2.05, 4.69) is 23.6 Å². The zero-order valence-electron chi connectivity index (χ0n) is 19.6. The molecule has 8 heteroatoms. The van der Waals surface area contributed by atoms with E-state index in [9.17, 15) is 19.2 Å². The van der Waals surface area contributed by atoms with Crippen molar-refractivity contribution in [2.45, 2.75) is 46.5 Å².